The Morgan fingerprint density at radius 3 is 2.63 bits per heavy atom. The minimum absolute atomic E-state index is 0.0766. The van der Waals surface area contributed by atoms with Crippen molar-refractivity contribution >= 4 is 23.7 Å². The molecule has 224 valence electrons. The standard InChI is InChI=1S/C27H35F3N6O5/c1-4-19-18(13-41-35-19)24(37)34-23(16-7-5-15(2)6-8-16)25(38)33-22-11-17(9-10-31-22)20(14-40-3)36-12-21(27(28,29)30)32-26(36)39/h9-11,13,15-16,20-21,23H,4-8,12,14H2,1-3H3,(H,32,39)(H,34,37)(H,31,33,38)/t15?,16?,20?,21-,23-/m0/s1. The second-order valence-corrected chi connectivity index (χ2v) is 10.6. The number of hydrogen-bond acceptors (Lipinski definition) is 7. The molecular weight excluding hydrogens is 545 g/mol. The van der Waals surface area contributed by atoms with Gasteiger partial charge in [0.05, 0.1) is 24.9 Å². The Labute approximate surface area is 235 Å². The highest BCUT2D eigenvalue weighted by Gasteiger charge is 2.48. The number of pyridine rings is 1. The van der Waals surface area contributed by atoms with E-state index in [0.29, 0.717) is 23.6 Å². The molecule has 2 aliphatic rings. The molecule has 2 fully saturated rings. The molecule has 0 spiro atoms. The van der Waals surface area contributed by atoms with E-state index >= 15 is 0 Å². The first-order valence-electron chi connectivity index (χ1n) is 13.7. The van der Waals surface area contributed by atoms with E-state index in [1.54, 1.807) is 6.07 Å². The number of amides is 4. The molecule has 0 aromatic carbocycles. The molecule has 4 rings (SSSR count). The summed E-state index contributed by atoms with van der Waals surface area (Å²) in [5.74, 6) is -0.411. The zero-order valence-corrected chi connectivity index (χ0v) is 23.2. The highest BCUT2D eigenvalue weighted by atomic mass is 19.4. The van der Waals surface area contributed by atoms with Crippen molar-refractivity contribution in [1.29, 1.82) is 0 Å². The quantitative estimate of drug-likeness (QED) is 0.388. The minimum Gasteiger partial charge on any atom is -0.382 e. The summed E-state index contributed by atoms with van der Waals surface area (Å²) in [7, 11) is 1.38. The molecule has 11 nitrogen and oxygen atoms in total. The lowest BCUT2D eigenvalue weighted by Crippen LogP contribution is -2.49. The van der Waals surface area contributed by atoms with E-state index in [4.69, 9.17) is 9.26 Å². The first-order valence-corrected chi connectivity index (χ1v) is 13.7. The fourth-order valence-corrected chi connectivity index (χ4v) is 5.40. The topological polar surface area (TPSA) is 139 Å². The molecule has 1 aliphatic heterocycles. The van der Waals surface area contributed by atoms with E-state index in [1.165, 1.54) is 25.6 Å². The van der Waals surface area contributed by atoms with Gasteiger partial charge < -0.3 is 30.1 Å². The smallest absolute Gasteiger partial charge is 0.382 e. The third-order valence-corrected chi connectivity index (χ3v) is 7.78. The van der Waals surface area contributed by atoms with Gasteiger partial charge in [-0.15, -0.1) is 0 Å². The molecule has 0 bridgehead atoms. The predicted molar refractivity (Wildman–Crippen MR) is 141 cm³/mol. The number of urea groups is 1. The monoisotopic (exact) mass is 580 g/mol. The van der Waals surface area contributed by atoms with Crippen LogP contribution < -0.4 is 16.0 Å². The maximum atomic E-state index is 13.6. The van der Waals surface area contributed by atoms with Gasteiger partial charge >= 0.3 is 12.2 Å². The molecule has 1 saturated heterocycles. The number of methoxy groups -OCH3 is 1. The van der Waals surface area contributed by atoms with Crippen molar-refractivity contribution in [3.05, 3.63) is 41.4 Å². The Balaban J connectivity index is 1.54. The third-order valence-electron chi connectivity index (χ3n) is 7.78. The average Bonchev–Trinajstić information content (AvgIpc) is 3.57. The molecule has 4 amide bonds. The highest BCUT2D eigenvalue weighted by molar-refractivity contribution is 6.01. The number of carbonyl (C=O) groups is 3. The number of aryl methyl sites for hydroxylation is 1. The lowest BCUT2D eigenvalue weighted by Gasteiger charge is -2.32. The Hall–Kier alpha value is -3.68. The molecule has 2 aromatic rings. The number of nitrogens with zero attached hydrogens (tertiary/aromatic N) is 3. The maximum Gasteiger partial charge on any atom is 0.410 e. The number of anilines is 1. The largest absolute Gasteiger partial charge is 0.410 e. The SMILES string of the molecule is CCc1nocc1C(=O)N[C@H](C(=O)Nc1cc(C(COC)N2C[C@@H](C(F)(F)F)NC2=O)ccn1)C1CCC(C)CC1. The number of aromatic nitrogens is 2. The van der Waals surface area contributed by atoms with Gasteiger partial charge in [-0.1, -0.05) is 31.8 Å². The molecule has 1 saturated carbocycles. The zero-order valence-electron chi connectivity index (χ0n) is 23.2. The summed E-state index contributed by atoms with van der Waals surface area (Å²) < 4.78 is 50.0. The molecule has 3 N–H and O–H groups in total. The van der Waals surface area contributed by atoms with E-state index in [2.05, 4.69) is 27.7 Å². The molecule has 14 heteroatoms. The summed E-state index contributed by atoms with van der Waals surface area (Å²) >= 11 is 0. The van der Waals surface area contributed by atoms with Crippen LogP contribution in [-0.4, -0.2) is 71.4 Å². The number of rotatable bonds is 10. The van der Waals surface area contributed by atoms with Crippen molar-refractivity contribution in [1.82, 2.24) is 25.7 Å². The normalized spacial score (nSPS) is 22.6. The van der Waals surface area contributed by atoms with Crippen LogP contribution in [0.2, 0.25) is 0 Å². The van der Waals surface area contributed by atoms with Gasteiger partial charge in [0, 0.05) is 13.3 Å². The van der Waals surface area contributed by atoms with Gasteiger partial charge in [-0.05, 0) is 48.8 Å². The predicted octanol–water partition coefficient (Wildman–Crippen LogP) is 3.84. The summed E-state index contributed by atoms with van der Waals surface area (Å²) in [6.07, 6.45) is 1.86. The number of ether oxygens (including phenoxy) is 1. The summed E-state index contributed by atoms with van der Waals surface area (Å²) in [5.41, 5.74) is 1.17. The van der Waals surface area contributed by atoms with Crippen molar-refractivity contribution < 1.29 is 36.8 Å². The number of alkyl halides is 3. The number of hydrogen-bond donors (Lipinski definition) is 3. The number of halogens is 3. The van der Waals surface area contributed by atoms with Crippen LogP contribution in [0.15, 0.2) is 29.1 Å². The van der Waals surface area contributed by atoms with E-state index in [1.807, 2.05) is 12.2 Å². The van der Waals surface area contributed by atoms with Crippen LogP contribution in [0.25, 0.3) is 0 Å². The molecule has 2 aromatic heterocycles. The van der Waals surface area contributed by atoms with Gasteiger partial charge in [-0.25, -0.2) is 9.78 Å². The van der Waals surface area contributed by atoms with Crippen LogP contribution in [0.4, 0.5) is 23.8 Å². The zero-order chi connectivity index (χ0) is 29.7. The van der Waals surface area contributed by atoms with E-state index in [-0.39, 0.29) is 23.9 Å². The lowest BCUT2D eigenvalue weighted by atomic mass is 9.79. The Morgan fingerprint density at radius 1 is 1.27 bits per heavy atom. The second kappa shape index (κ2) is 12.9. The van der Waals surface area contributed by atoms with Gasteiger partial charge in [0.2, 0.25) is 5.91 Å². The third kappa shape index (κ3) is 7.16. The van der Waals surface area contributed by atoms with Crippen LogP contribution in [-0.2, 0) is 16.0 Å². The Bertz CT molecular complexity index is 1230. The fourth-order valence-electron chi connectivity index (χ4n) is 5.40. The summed E-state index contributed by atoms with van der Waals surface area (Å²) in [5, 5.41) is 11.4. The lowest BCUT2D eigenvalue weighted by molar-refractivity contribution is -0.150. The first-order chi connectivity index (χ1) is 19.5. The highest BCUT2D eigenvalue weighted by Crippen LogP contribution is 2.33. The van der Waals surface area contributed by atoms with Crippen LogP contribution in [0.5, 0.6) is 0 Å². The van der Waals surface area contributed by atoms with E-state index < -0.39 is 48.7 Å². The number of nitrogens with one attached hydrogen (secondary N) is 3. The minimum atomic E-state index is -4.60. The van der Waals surface area contributed by atoms with E-state index in [9.17, 15) is 27.6 Å². The summed E-state index contributed by atoms with van der Waals surface area (Å²) in [6, 6.07) is -1.56. The Morgan fingerprint density at radius 2 is 2.00 bits per heavy atom. The van der Waals surface area contributed by atoms with Crippen molar-refractivity contribution in [2.24, 2.45) is 11.8 Å². The first kappa shape index (κ1) is 30.3. The number of carbonyl (C=O) groups excluding carboxylic acids is 3. The van der Waals surface area contributed by atoms with Crippen LogP contribution in [0, 0.1) is 11.8 Å². The fraction of sp³-hybridized carbons (Fsp3) is 0.593. The van der Waals surface area contributed by atoms with Crippen LogP contribution in [0.1, 0.15) is 67.2 Å². The van der Waals surface area contributed by atoms with Crippen LogP contribution in [0.3, 0.4) is 0 Å². The van der Waals surface area contributed by atoms with E-state index in [0.717, 1.165) is 30.6 Å². The van der Waals surface area contributed by atoms with Crippen LogP contribution >= 0.6 is 0 Å². The van der Waals surface area contributed by atoms with Crippen molar-refractivity contribution in [2.45, 2.75) is 70.3 Å². The molecule has 3 heterocycles. The molecule has 0 radical (unpaired) electrons. The molecule has 1 unspecified atom stereocenters. The van der Waals surface area contributed by atoms with Crippen molar-refractivity contribution in [3.8, 4) is 0 Å². The molecule has 1 aliphatic carbocycles. The molecular formula is C27H35F3N6O5. The molecule has 3 atom stereocenters. The van der Waals surface area contributed by atoms with Gasteiger partial charge in [-0.2, -0.15) is 13.2 Å². The summed E-state index contributed by atoms with van der Waals surface area (Å²) in [4.78, 5) is 44.4. The molecule has 41 heavy (non-hydrogen) atoms. The van der Waals surface area contributed by atoms with Gasteiger partial charge in [0.1, 0.15) is 29.7 Å². The average molecular weight is 581 g/mol. The van der Waals surface area contributed by atoms with Gasteiger partial charge in [0.15, 0.2) is 0 Å². The maximum absolute atomic E-state index is 13.6. The Kier molecular flexibility index (Phi) is 9.51. The summed E-state index contributed by atoms with van der Waals surface area (Å²) in [6.45, 7) is 3.33. The van der Waals surface area contributed by atoms with Crippen molar-refractivity contribution in [2.75, 3.05) is 25.6 Å². The van der Waals surface area contributed by atoms with Crippen molar-refractivity contribution in [3.63, 3.8) is 0 Å². The van der Waals surface area contributed by atoms with Gasteiger partial charge in [-0.3, -0.25) is 9.59 Å². The van der Waals surface area contributed by atoms with Gasteiger partial charge in [0.25, 0.3) is 5.91 Å². The second-order valence-electron chi connectivity index (χ2n) is 10.6.